The van der Waals surface area contributed by atoms with Crippen LogP contribution >= 0.6 is 23.1 Å². The number of thioether (sulfide) groups is 1. The van der Waals surface area contributed by atoms with Gasteiger partial charge in [0.1, 0.15) is 11.2 Å². The molecule has 0 bridgehead atoms. The Hall–Kier alpha value is -2.10. The maximum atomic E-state index is 13.1. The Morgan fingerprint density at radius 3 is 2.58 bits per heavy atom. The highest BCUT2D eigenvalue weighted by atomic mass is 32.2. The van der Waals surface area contributed by atoms with Crippen LogP contribution in [0, 0.1) is 0 Å². The molecule has 4 heterocycles. The van der Waals surface area contributed by atoms with Gasteiger partial charge in [-0.3, -0.25) is 9.78 Å². The van der Waals surface area contributed by atoms with Gasteiger partial charge in [-0.1, -0.05) is 6.92 Å². The van der Waals surface area contributed by atoms with Crippen LogP contribution in [0.5, 0.6) is 0 Å². The third-order valence-corrected chi connectivity index (χ3v) is 9.17. The monoisotopic (exact) mass is 529 g/mol. The third-order valence-electron chi connectivity index (χ3n) is 6.94. The Labute approximate surface area is 221 Å². The maximum absolute atomic E-state index is 13.1. The zero-order chi connectivity index (χ0) is 25.6. The normalized spacial score (nSPS) is 19.7. The fourth-order valence-electron chi connectivity index (χ4n) is 5.05. The van der Waals surface area contributed by atoms with Crippen LogP contribution < -0.4 is 5.32 Å². The van der Waals surface area contributed by atoms with E-state index < -0.39 is 11.2 Å². The average Bonchev–Trinajstić information content (AvgIpc) is 3.41. The zero-order valence-corrected chi connectivity index (χ0v) is 23.2. The van der Waals surface area contributed by atoms with Crippen LogP contribution in [-0.4, -0.2) is 51.9 Å². The molecule has 2 aliphatic heterocycles. The highest BCUT2D eigenvalue weighted by molar-refractivity contribution is 7.99. The van der Waals surface area contributed by atoms with Crippen molar-refractivity contribution in [2.75, 3.05) is 18.8 Å². The topological polar surface area (TPSA) is 80.8 Å². The first-order chi connectivity index (χ1) is 17.1. The summed E-state index contributed by atoms with van der Waals surface area (Å²) in [5, 5.41) is 3.04. The molecule has 9 heteroatoms. The van der Waals surface area contributed by atoms with E-state index in [2.05, 4.69) is 23.3 Å². The second-order valence-corrected chi connectivity index (χ2v) is 13.4. The lowest BCUT2D eigenvalue weighted by Gasteiger charge is -2.46. The molecule has 36 heavy (non-hydrogen) atoms. The Morgan fingerprint density at radius 1 is 1.22 bits per heavy atom. The molecule has 1 aliphatic carbocycles. The van der Waals surface area contributed by atoms with Gasteiger partial charge in [0.2, 0.25) is 0 Å². The van der Waals surface area contributed by atoms with E-state index in [-0.39, 0.29) is 17.6 Å². The summed E-state index contributed by atoms with van der Waals surface area (Å²) in [5.41, 5.74) is 1.04. The van der Waals surface area contributed by atoms with Crippen molar-refractivity contribution in [3.05, 3.63) is 45.4 Å². The van der Waals surface area contributed by atoms with Crippen molar-refractivity contribution in [2.45, 2.75) is 88.0 Å². The number of carbonyl (C=O) groups excluding carboxylic acids is 2. The van der Waals surface area contributed by atoms with Crippen molar-refractivity contribution in [1.82, 2.24) is 15.2 Å². The van der Waals surface area contributed by atoms with Crippen molar-refractivity contribution < 1.29 is 19.1 Å². The maximum Gasteiger partial charge on any atom is 0.410 e. The number of nitrogens with zero attached hydrogens (tertiary/aromatic N) is 2. The molecule has 2 aromatic rings. The van der Waals surface area contributed by atoms with Gasteiger partial charge < -0.3 is 19.7 Å². The Balaban J connectivity index is 1.28. The number of nitrogens with one attached hydrogen (secondary N) is 1. The van der Waals surface area contributed by atoms with E-state index in [1.807, 2.05) is 39.1 Å². The highest BCUT2D eigenvalue weighted by Gasteiger charge is 2.57. The van der Waals surface area contributed by atoms with E-state index in [1.54, 1.807) is 28.0 Å². The molecule has 1 saturated carbocycles. The Kier molecular flexibility index (Phi) is 6.85. The summed E-state index contributed by atoms with van der Waals surface area (Å²) in [6, 6.07) is 6.08. The zero-order valence-electron chi connectivity index (χ0n) is 21.5. The largest absolute Gasteiger partial charge is 0.444 e. The summed E-state index contributed by atoms with van der Waals surface area (Å²) in [4.78, 5) is 35.0. The van der Waals surface area contributed by atoms with E-state index in [9.17, 15) is 9.59 Å². The molecule has 1 N–H and O–H groups in total. The first-order valence-electron chi connectivity index (χ1n) is 12.8. The van der Waals surface area contributed by atoms with Crippen LogP contribution in [0.1, 0.15) is 79.2 Å². The summed E-state index contributed by atoms with van der Waals surface area (Å²) >= 11 is 3.30. The van der Waals surface area contributed by atoms with Crippen molar-refractivity contribution in [3.63, 3.8) is 0 Å². The number of hydrogen-bond donors (Lipinski definition) is 1. The van der Waals surface area contributed by atoms with Gasteiger partial charge >= 0.3 is 6.09 Å². The average molecular weight is 530 g/mol. The number of piperidine rings is 1. The number of thiophene rings is 1. The molecule has 2 aromatic heterocycles. The van der Waals surface area contributed by atoms with E-state index >= 15 is 0 Å². The number of pyridine rings is 1. The second-order valence-electron chi connectivity index (χ2n) is 11.0. The first-order valence-corrected chi connectivity index (χ1v) is 14.6. The van der Waals surface area contributed by atoms with Crippen LogP contribution in [0.3, 0.4) is 0 Å². The van der Waals surface area contributed by atoms with Gasteiger partial charge in [-0.15, -0.1) is 23.1 Å². The molecule has 2 fully saturated rings. The van der Waals surface area contributed by atoms with Crippen molar-refractivity contribution in [3.8, 4) is 0 Å². The van der Waals surface area contributed by atoms with Gasteiger partial charge in [0.05, 0.1) is 22.7 Å². The van der Waals surface area contributed by atoms with E-state index in [0.29, 0.717) is 37.4 Å². The predicted molar refractivity (Wildman–Crippen MR) is 142 cm³/mol. The fourth-order valence-corrected chi connectivity index (χ4v) is 6.96. The third kappa shape index (κ3) is 5.43. The lowest BCUT2D eigenvalue weighted by molar-refractivity contribution is -0.148. The quantitative estimate of drug-likeness (QED) is 0.514. The number of likely N-dealkylation sites (tertiary alicyclic amines) is 1. The van der Waals surface area contributed by atoms with Crippen molar-refractivity contribution in [1.29, 1.82) is 0 Å². The summed E-state index contributed by atoms with van der Waals surface area (Å²) in [6.07, 6.45) is 6.00. The molecule has 2 spiro atoms. The number of carbonyl (C=O) groups is 2. The van der Waals surface area contributed by atoms with Crippen LogP contribution in [0.2, 0.25) is 0 Å². The van der Waals surface area contributed by atoms with Gasteiger partial charge in [-0.05, 0) is 76.0 Å². The summed E-state index contributed by atoms with van der Waals surface area (Å²) in [5.74, 6) is 0.932. The van der Waals surface area contributed by atoms with Gasteiger partial charge in [0.25, 0.3) is 5.91 Å². The Morgan fingerprint density at radius 2 is 1.97 bits per heavy atom. The number of aromatic nitrogens is 1. The Bertz CT molecular complexity index is 1130. The summed E-state index contributed by atoms with van der Waals surface area (Å²) in [6.45, 7) is 9.35. The van der Waals surface area contributed by atoms with Crippen LogP contribution in [-0.2, 0) is 28.0 Å². The van der Waals surface area contributed by atoms with E-state index in [0.717, 1.165) is 40.5 Å². The summed E-state index contributed by atoms with van der Waals surface area (Å²) < 4.78 is 12.4. The van der Waals surface area contributed by atoms with Crippen molar-refractivity contribution in [2.24, 2.45) is 0 Å². The van der Waals surface area contributed by atoms with Crippen LogP contribution in [0.4, 0.5) is 4.79 Å². The molecule has 194 valence electrons. The van der Waals surface area contributed by atoms with Gasteiger partial charge in [0.15, 0.2) is 0 Å². The molecule has 0 unspecified atom stereocenters. The molecule has 7 nitrogen and oxygen atoms in total. The minimum Gasteiger partial charge on any atom is -0.444 e. The highest BCUT2D eigenvalue weighted by Crippen LogP contribution is 2.57. The lowest BCUT2D eigenvalue weighted by Crippen LogP contribution is -2.51. The second kappa shape index (κ2) is 9.65. The number of rotatable bonds is 5. The lowest BCUT2D eigenvalue weighted by atomic mass is 9.83. The minimum atomic E-state index is -0.513. The molecule has 0 atom stereocenters. The van der Waals surface area contributed by atoms with E-state index in [1.165, 1.54) is 5.56 Å². The number of ether oxygens (including phenoxy) is 2. The molecule has 2 amide bonds. The predicted octanol–water partition coefficient (Wildman–Crippen LogP) is 5.52. The minimum absolute atomic E-state index is 0.0746. The summed E-state index contributed by atoms with van der Waals surface area (Å²) in [7, 11) is 0. The van der Waals surface area contributed by atoms with E-state index in [4.69, 9.17) is 9.47 Å². The fraction of sp³-hybridized carbons (Fsp3) is 0.593. The van der Waals surface area contributed by atoms with Crippen LogP contribution in [0.15, 0.2) is 29.3 Å². The van der Waals surface area contributed by atoms with Crippen LogP contribution in [0.25, 0.3) is 0 Å². The molecule has 1 saturated heterocycles. The molecule has 0 radical (unpaired) electrons. The molecular weight excluding hydrogens is 494 g/mol. The SMILES string of the molecule is CCSc1ccc(CNC(=O)c2cc3c(s2)C2(CCN(C(=O)OC(C)(C)C)CC2)OC2(CC2)C3)nc1. The molecule has 0 aromatic carbocycles. The molecule has 5 rings (SSSR count). The van der Waals surface area contributed by atoms with Crippen molar-refractivity contribution >= 4 is 35.1 Å². The molecular formula is C27H35N3O4S2. The standard InChI is InChI=1S/C27H35N3O4S2/c1-5-35-20-7-6-19(28-17-20)16-29-23(31)21-14-18-15-26(8-9-26)34-27(22(18)36-21)10-12-30(13-11-27)24(32)33-25(2,3)4/h6-7,14,17H,5,8-13,15-16H2,1-4H3,(H,29,31). The number of amides is 2. The van der Waals surface area contributed by atoms with Gasteiger partial charge in [-0.25, -0.2) is 4.79 Å². The molecule has 3 aliphatic rings. The van der Waals surface area contributed by atoms with Gasteiger partial charge in [-0.2, -0.15) is 0 Å². The number of fused-ring (bicyclic) bond motifs is 2. The van der Waals surface area contributed by atoms with Gasteiger partial charge in [0, 0.05) is 35.5 Å². The first kappa shape index (κ1) is 25.5. The number of hydrogen-bond acceptors (Lipinski definition) is 7. The smallest absolute Gasteiger partial charge is 0.410 e.